The maximum atomic E-state index is 11.5. The summed E-state index contributed by atoms with van der Waals surface area (Å²) in [5, 5.41) is 0.506. The molecule has 0 radical (unpaired) electrons. The molecule has 25 heavy (non-hydrogen) atoms. The van der Waals surface area contributed by atoms with Crippen molar-refractivity contribution in [1.82, 2.24) is 5.06 Å². The molecule has 0 aromatic heterocycles. The first-order valence-electron chi connectivity index (χ1n) is 7.91. The standard InChI is InChI=1S/C15H23NO9/c1-21-14(19)4-6-22-8-10-24-11-9-23-7-5-15(20)25-16-12(17)2-3-13(16)18/h2-11H2,1H3. The molecule has 0 bridgehead atoms. The van der Waals surface area contributed by atoms with E-state index in [2.05, 4.69) is 9.57 Å². The van der Waals surface area contributed by atoms with Gasteiger partial charge in [0.1, 0.15) is 0 Å². The Balaban J connectivity index is 1.88. The first-order chi connectivity index (χ1) is 12.0. The topological polar surface area (TPSA) is 118 Å². The van der Waals surface area contributed by atoms with Gasteiger partial charge >= 0.3 is 11.9 Å². The van der Waals surface area contributed by atoms with Crippen LogP contribution in [0.4, 0.5) is 0 Å². The van der Waals surface area contributed by atoms with E-state index in [1.807, 2.05) is 0 Å². The number of carbonyl (C=O) groups is 4. The van der Waals surface area contributed by atoms with Gasteiger partial charge in [-0.2, -0.15) is 0 Å². The summed E-state index contributed by atoms with van der Waals surface area (Å²) in [5.41, 5.74) is 0. The molecule has 1 heterocycles. The molecule has 1 aliphatic heterocycles. The van der Waals surface area contributed by atoms with Crippen molar-refractivity contribution in [2.24, 2.45) is 0 Å². The Morgan fingerprint density at radius 3 is 1.72 bits per heavy atom. The van der Waals surface area contributed by atoms with Crippen LogP contribution in [0.3, 0.4) is 0 Å². The third kappa shape index (κ3) is 9.13. The van der Waals surface area contributed by atoms with Crippen LogP contribution < -0.4 is 0 Å². The molecule has 0 aromatic rings. The van der Waals surface area contributed by atoms with Gasteiger partial charge in [0.25, 0.3) is 11.8 Å². The summed E-state index contributed by atoms with van der Waals surface area (Å²) in [4.78, 5) is 49.5. The van der Waals surface area contributed by atoms with E-state index in [-0.39, 0.29) is 51.5 Å². The number of rotatable bonds is 13. The third-order valence-electron chi connectivity index (χ3n) is 3.07. The second-order valence-electron chi connectivity index (χ2n) is 4.96. The van der Waals surface area contributed by atoms with Gasteiger partial charge in [0.15, 0.2) is 0 Å². The predicted octanol–water partition coefficient (Wildman–Crippen LogP) is -0.403. The molecular weight excluding hydrogens is 338 g/mol. The molecular formula is C15H23NO9. The summed E-state index contributed by atoms with van der Waals surface area (Å²) in [5.74, 6) is -2.06. The summed E-state index contributed by atoms with van der Waals surface area (Å²) in [6.45, 7) is 1.66. The van der Waals surface area contributed by atoms with Gasteiger partial charge < -0.3 is 23.8 Å². The first-order valence-corrected chi connectivity index (χ1v) is 7.91. The number of hydrogen-bond donors (Lipinski definition) is 0. The van der Waals surface area contributed by atoms with Gasteiger partial charge in [-0.25, -0.2) is 4.79 Å². The average molecular weight is 361 g/mol. The van der Waals surface area contributed by atoms with Gasteiger partial charge in [-0.3, -0.25) is 14.4 Å². The lowest BCUT2D eigenvalue weighted by Gasteiger charge is -2.12. The van der Waals surface area contributed by atoms with Crippen LogP contribution in [0.1, 0.15) is 25.7 Å². The zero-order valence-corrected chi connectivity index (χ0v) is 14.2. The Labute approximate surface area is 145 Å². The van der Waals surface area contributed by atoms with Gasteiger partial charge in [0, 0.05) is 12.8 Å². The molecule has 0 saturated carbocycles. The predicted molar refractivity (Wildman–Crippen MR) is 80.9 cm³/mol. The van der Waals surface area contributed by atoms with Crippen molar-refractivity contribution in [3.05, 3.63) is 0 Å². The van der Waals surface area contributed by atoms with Gasteiger partial charge in [0.05, 0.1) is 59.6 Å². The van der Waals surface area contributed by atoms with Crippen molar-refractivity contribution < 1.29 is 43.0 Å². The lowest BCUT2D eigenvalue weighted by Crippen LogP contribution is -2.32. The molecule has 10 heteroatoms. The van der Waals surface area contributed by atoms with Crippen LogP contribution >= 0.6 is 0 Å². The average Bonchev–Trinajstić information content (AvgIpc) is 2.91. The van der Waals surface area contributed by atoms with E-state index in [0.717, 1.165) is 0 Å². The number of nitrogens with zero attached hydrogens (tertiary/aromatic N) is 1. The highest BCUT2D eigenvalue weighted by Crippen LogP contribution is 2.12. The molecule has 1 aliphatic rings. The fraction of sp³-hybridized carbons (Fsp3) is 0.733. The molecule has 142 valence electrons. The van der Waals surface area contributed by atoms with Crippen LogP contribution in [0.2, 0.25) is 0 Å². The van der Waals surface area contributed by atoms with E-state index in [1.54, 1.807) is 0 Å². The summed E-state index contributed by atoms with van der Waals surface area (Å²) >= 11 is 0. The Morgan fingerprint density at radius 2 is 1.24 bits per heavy atom. The molecule has 2 amide bonds. The fourth-order valence-corrected chi connectivity index (χ4v) is 1.76. The van der Waals surface area contributed by atoms with Crippen molar-refractivity contribution in [3.63, 3.8) is 0 Å². The van der Waals surface area contributed by atoms with Crippen molar-refractivity contribution in [2.45, 2.75) is 25.7 Å². The number of hydrogen-bond acceptors (Lipinski definition) is 9. The summed E-state index contributed by atoms with van der Waals surface area (Å²) < 4.78 is 20.0. The summed E-state index contributed by atoms with van der Waals surface area (Å²) in [6, 6.07) is 0. The van der Waals surface area contributed by atoms with Crippen LogP contribution in [-0.2, 0) is 43.0 Å². The molecule has 0 unspecified atom stereocenters. The summed E-state index contributed by atoms with van der Waals surface area (Å²) in [7, 11) is 1.32. The quantitative estimate of drug-likeness (QED) is 0.245. The molecule has 0 N–H and O–H groups in total. The highest BCUT2D eigenvalue weighted by Gasteiger charge is 2.32. The number of amides is 2. The molecule has 0 aliphatic carbocycles. The molecule has 0 spiro atoms. The lowest BCUT2D eigenvalue weighted by atomic mass is 10.4. The van der Waals surface area contributed by atoms with Crippen LogP contribution in [0.25, 0.3) is 0 Å². The van der Waals surface area contributed by atoms with E-state index >= 15 is 0 Å². The fourth-order valence-electron chi connectivity index (χ4n) is 1.76. The third-order valence-corrected chi connectivity index (χ3v) is 3.07. The minimum Gasteiger partial charge on any atom is -0.469 e. The van der Waals surface area contributed by atoms with Crippen LogP contribution in [0, 0.1) is 0 Å². The second kappa shape index (κ2) is 12.3. The minimum absolute atomic E-state index is 0.0619. The zero-order chi connectivity index (χ0) is 18.5. The number of hydroxylamine groups is 2. The normalized spacial score (nSPS) is 14.0. The first kappa shape index (κ1) is 21.0. The van der Waals surface area contributed by atoms with Crippen molar-refractivity contribution in [3.8, 4) is 0 Å². The molecule has 0 aromatic carbocycles. The van der Waals surface area contributed by atoms with E-state index < -0.39 is 17.8 Å². The Hall–Kier alpha value is -2.04. The minimum atomic E-state index is -0.705. The van der Waals surface area contributed by atoms with E-state index in [0.29, 0.717) is 24.9 Å². The molecule has 1 saturated heterocycles. The SMILES string of the molecule is COC(=O)CCOCCOCCOCCC(=O)ON1C(=O)CCC1=O. The molecule has 1 fully saturated rings. The van der Waals surface area contributed by atoms with Crippen LogP contribution in [0.15, 0.2) is 0 Å². The summed E-state index contributed by atoms with van der Waals surface area (Å²) in [6.07, 6.45) is 0.247. The zero-order valence-electron chi connectivity index (χ0n) is 14.2. The van der Waals surface area contributed by atoms with E-state index in [9.17, 15) is 19.2 Å². The smallest absolute Gasteiger partial charge is 0.335 e. The van der Waals surface area contributed by atoms with Crippen molar-refractivity contribution in [2.75, 3.05) is 46.8 Å². The maximum absolute atomic E-state index is 11.5. The highest BCUT2D eigenvalue weighted by atomic mass is 16.7. The lowest BCUT2D eigenvalue weighted by molar-refractivity contribution is -0.198. The van der Waals surface area contributed by atoms with E-state index in [4.69, 9.17) is 14.2 Å². The monoisotopic (exact) mass is 361 g/mol. The molecule has 10 nitrogen and oxygen atoms in total. The number of ether oxygens (including phenoxy) is 4. The van der Waals surface area contributed by atoms with Gasteiger partial charge in [-0.15, -0.1) is 5.06 Å². The maximum Gasteiger partial charge on any atom is 0.335 e. The molecule has 0 atom stereocenters. The second-order valence-corrected chi connectivity index (χ2v) is 4.96. The van der Waals surface area contributed by atoms with Gasteiger partial charge in [0.2, 0.25) is 0 Å². The molecule has 1 rings (SSSR count). The number of esters is 1. The Kier molecular flexibility index (Phi) is 10.4. The van der Waals surface area contributed by atoms with Crippen molar-refractivity contribution in [1.29, 1.82) is 0 Å². The van der Waals surface area contributed by atoms with Crippen molar-refractivity contribution >= 4 is 23.8 Å². The van der Waals surface area contributed by atoms with E-state index in [1.165, 1.54) is 7.11 Å². The van der Waals surface area contributed by atoms with Gasteiger partial charge in [-0.05, 0) is 0 Å². The Morgan fingerprint density at radius 1 is 0.800 bits per heavy atom. The largest absolute Gasteiger partial charge is 0.469 e. The van der Waals surface area contributed by atoms with Crippen LogP contribution in [0.5, 0.6) is 0 Å². The Bertz CT molecular complexity index is 450. The number of methoxy groups -OCH3 is 1. The number of carbonyl (C=O) groups excluding carboxylic acids is 4. The number of imide groups is 1. The van der Waals surface area contributed by atoms with Gasteiger partial charge in [-0.1, -0.05) is 0 Å². The van der Waals surface area contributed by atoms with Crippen LogP contribution in [-0.4, -0.2) is 75.6 Å². The highest BCUT2D eigenvalue weighted by molar-refractivity contribution is 6.01.